The molecule has 1 aliphatic rings. The summed E-state index contributed by atoms with van der Waals surface area (Å²) in [6, 6.07) is 5.42. The summed E-state index contributed by atoms with van der Waals surface area (Å²) in [4.78, 5) is 11.7. The van der Waals surface area contributed by atoms with Crippen LogP contribution in [0.1, 0.15) is 12.0 Å². The van der Waals surface area contributed by atoms with E-state index in [0.29, 0.717) is 18.9 Å². The molecule has 1 heterocycles. The number of rotatable bonds is 4. The van der Waals surface area contributed by atoms with Gasteiger partial charge in [-0.3, -0.25) is 4.79 Å². The number of carbonyl (C=O) groups excluding carboxylic acids is 1. The number of hydrogen-bond donors (Lipinski definition) is 2. The predicted molar refractivity (Wildman–Crippen MR) is 69.4 cm³/mol. The van der Waals surface area contributed by atoms with Gasteiger partial charge in [0.25, 0.3) is 0 Å². The number of nitrogens with one attached hydrogen (secondary N) is 1. The lowest BCUT2D eigenvalue weighted by molar-refractivity contribution is -0.122. The van der Waals surface area contributed by atoms with Crippen LogP contribution in [0.4, 0.5) is 11.4 Å². The lowest BCUT2D eigenvalue weighted by atomic mass is 10.2. The van der Waals surface area contributed by atoms with Crippen LogP contribution in [-0.4, -0.2) is 31.8 Å². The second-order valence-corrected chi connectivity index (χ2v) is 4.42. The number of ether oxygens (including phenoxy) is 2. The Hall–Kier alpha value is -1.59. The maximum absolute atomic E-state index is 11.7. The largest absolute Gasteiger partial charge is 0.399 e. The molecular formula is C13H18N2O3. The minimum Gasteiger partial charge on any atom is -0.399 e. The fourth-order valence-corrected chi connectivity index (χ4v) is 1.80. The van der Waals surface area contributed by atoms with Gasteiger partial charge in [0.1, 0.15) is 6.61 Å². The molecule has 0 aliphatic carbocycles. The van der Waals surface area contributed by atoms with Gasteiger partial charge in [0.15, 0.2) is 0 Å². The van der Waals surface area contributed by atoms with E-state index in [1.807, 2.05) is 13.0 Å². The fourth-order valence-electron chi connectivity index (χ4n) is 1.80. The molecular weight excluding hydrogens is 232 g/mol. The van der Waals surface area contributed by atoms with Crippen molar-refractivity contribution in [1.82, 2.24) is 0 Å². The van der Waals surface area contributed by atoms with E-state index in [4.69, 9.17) is 15.2 Å². The number of nitrogens with two attached hydrogens (primary N) is 1. The number of anilines is 2. The minimum atomic E-state index is -0.171. The number of hydrogen-bond acceptors (Lipinski definition) is 4. The van der Waals surface area contributed by atoms with E-state index in [-0.39, 0.29) is 18.6 Å². The van der Waals surface area contributed by atoms with Crippen molar-refractivity contribution in [2.24, 2.45) is 0 Å². The Bertz CT molecular complexity index is 428. The van der Waals surface area contributed by atoms with Crippen LogP contribution in [0.5, 0.6) is 0 Å². The van der Waals surface area contributed by atoms with Crippen molar-refractivity contribution in [1.29, 1.82) is 0 Å². The first-order valence-corrected chi connectivity index (χ1v) is 6.00. The fraction of sp³-hybridized carbons (Fsp3) is 0.462. The summed E-state index contributed by atoms with van der Waals surface area (Å²) in [5, 5.41) is 2.79. The highest BCUT2D eigenvalue weighted by Crippen LogP contribution is 2.18. The lowest BCUT2D eigenvalue weighted by Crippen LogP contribution is -2.23. The monoisotopic (exact) mass is 250 g/mol. The zero-order valence-corrected chi connectivity index (χ0v) is 10.4. The third-order valence-corrected chi connectivity index (χ3v) is 2.87. The zero-order chi connectivity index (χ0) is 13.0. The molecule has 0 spiro atoms. The van der Waals surface area contributed by atoms with E-state index in [1.54, 1.807) is 12.1 Å². The Kier molecular flexibility index (Phi) is 4.17. The molecule has 1 saturated heterocycles. The average molecular weight is 250 g/mol. The number of carbonyl (C=O) groups is 1. The summed E-state index contributed by atoms with van der Waals surface area (Å²) in [5.41, 5.74) is 8.01. The van der Waals surface area contributed by atoms with Crippen LogP contribution in [-0.2, 0) is 14.3 Å². The highest BCUT2D eigenvalue weighted by Gasteiger charge is 2.17. The molecule has 98 valence electrons. The van der Waals surface area contributed by atoms with Crippen LogP contribution in [0, 0.1) is 6.92 Å². The van der Waals surface area contributed by atoms with Gasteiger partial charge >= 0.3 is 0 Å². The summed E-state index contributed by atoms with van der Waals surface area (Å²) in [7, 11) is 0. The van der Waals surface area contributed by atoms with Gasteiger partial charge in [-0.15, -0.1) is 0 Å². The smallest absolute Gasteiger partial charge is 0.250 e. The summed E-state index contributed by atoms with van der Waals surface area (Å²) in [6.07, 6.45) is 0.891. The van der Waals surface area contributed by atoms with Gasteiger partial charge in [0.2, 0.25) is 5.91 Å². The van der Waals surface area contributed by atoms with E-state index >= 15 is 0 Å². The molecule has 1 aromatic carbocycles. The van der Waals surface area contributed by atoms with Crippen molar-refractivity contribution < 1.29 is 14.3 Å². The van der Waals surface area contributed by atoms with Gasteiger partial charge < -0.3 is 20.5 Å². The van der Waals surface area contributed by atoms with E-state index in [2.05, 4.69) is 5.32 Å². The summed E-state index contributed by atoms with van der Waals surface area (Å²) in [6.45, 7) is 3.24. The number of aryl methyl sites for hydroxylation is 1. The van der Waals surface area contributed by atoms with Crippen LogP contribution >= 0.6 is 0 Å². The molecule has 5 nitrogen and oxygen atoms in total. The Morgan fingerprint density at radius 3 is 3.17 bits per heavy atom. The van der Waals surface area contributed by atoms with Crippen molar-refractivity contribution >= 4 is 17.3 Å². The molecule has 18 heavy (non-hydrogen) atoms. The van der Waals surface area contributed by atoms with Gasteiger partial charge in [-0.2, -0.15) is 0 Å². The quantitative estimate of drug-likeness (QED) is 0.790. The Morgan fingerprint density at radius 1 is 1.61 bits per heavy atom. The van der Waals surface area contributed by atoms with Crippen molar-refractivity contribution in [3.8, 4) is 0 Å². The molecule has 1 unspecified atom stereocenters. The maximum atomic E-state index is 11.7. The number of benzene rings is 1. The van der Waals surface area contributed by atoms with Gasteiger partial charge in [0, 0.05) is 18.0 Å². The molecule has 0 bridgehead atoms. The van der Waals surface area contributed by atoms with E-state index < -0.39 is 0 Å². The van der Waals surface area contributed by atoms with Gasteiger partial charge in [-0.25, -0.2) is 0 Å². The third-order valence-electron chi connectivity index (χ3n) is 2.87. The third kappa shape index (κ3) is 3.45. The zero-order valence-electron chi connectivity index (χ0n) is 10.4. The van der Waals surface area contributed by atoms with Crippen LogP contribution in [0.15, 0.2) is 18.2 Å². The van der Waals surface area contributed by atoms with Crippen molar-refractivity contribution in [2.45, 2.75) is 19.4 Å². The topological polar surface area (TPSA) is 73.6 Å². The lowest BCUT2D eigenvalue weighted by Gasteiger charge is -2.11. The Labute approximate surface area is 106 Å². The van der Waals surface area contributed by atoms with Gasteiger partial charge in [0.05, 0.1) is 12.7 Å². The van der Waals surface area contributed by atoms with Crippen LogP contribution in [0.2, 0.25) is 0 Å². The number of amides is 1. The van der Waals surface area contributed by atoms with Gasteiger partial charge in [-0.05, 0) is 31.0 Å². The Balaban J connectivity index is 1.84. The second-order valence-electron chi connectivity index (χ2n) is 4.42. The number of nitrogen functional groups attached to an aromatic ring is 1. The molecule has 0 aromatic heterocycles. The van der Waals surface area contributed by atoms with Crippen LogP contribution < -0.4 is 11.1 Å². The first-order valence-electron chi connectivity index (χ1n) is 6.00. The molecule has 1 amide bonds. The summed E-state index contributed by atoms with van der Waals surface area (Å²) >= 11 is 0. The first kappa shape index (κ1) is 12.9. The summed E-state index contributed by atoms with van der Waals surface area (Å²) < 4.78 is 10.6. The molecule has 1 aromatic rings. The summed E-state index contributed by atoms with van der Waals surface area (Å²) in [5.74, 6) is -0.171. The van der Waals surface area contributed by atoms with Crippen LogP contribution in [0.25, 0.3) is 0 Å². The van der Waals surface area contributed by atoms with Crippen molar-refractivity contribution in [2.75, 3.05) is 30.9 Å². The highest BCUT2D eigenvalue weighted by atomic mass is 16.5. The molecule has 0 saturated carbocycles. The molecule has 1 atom stereocenters. The van der Waals surface area contributed by atoms with Crippen molar-refractivity contribution in [3.63, 3.8) is 0 Å². The predicted octanol–water partition coefficient (Wildman–Crippen LogP) is 1.32. The normalized spacial score (nSPS) is 18.8. The van der Waals surface area contributed by atoms with E-state index in [1.165, 1.54) is 0 Å². The molecule has 3 N–H and O–H groups in total. The molecule has 5 heteroatoms. The second kappa shape index (κ2) is 5.84. The molecule has 1 aliphatic heterocycles. The SMILES string of the molecule is Cc1ccc(N)cc1NC(=O)COC1CCOC1. The molecule has 0 radical (unpaired) electrons. The maximum Gasteiger partial charge on any atom is 0.250 e. The van der Waals surface area contributed by atoms with E-state index in [0.717, 1.165) is 17.7 Å². The first-order chi connectivity index (χ1) is 8.65. The molecule has 1 fully saturated rings. The van der Waals surface area contributed by atoms with Crippen molar-refractivity contribution in [3.05, 3.63) is 23.8 Å². The van der Waals surface area contributed by atoms with Gasteiger partial charge in [-0.1, -0.05) is 6.07 Å². The standard InChI is InChI=1S/C13H18N2O3/c1-9-2-3-10(14)6-12(9)15-13(16)8-18-11-4-5-17-7-11/h2-3,6,11H,4-5,7-8,14H2,1H3,(H,15,16). The average Bonchev–Trinajstić information content (AvgIpc) is 2.84. The van der Waals surface area contributed by atoms with E-state index in [9.17, 15) is 4.79 Å². The highest BCUT2D eigenvalue weighted by molar-refractivity contribution is 5.92. The van der Waals surface area contributed by atoms with Crippen LogP contribution in [0.3, 0.4) is 0 Å². The molecule has 2 rings (SSSR count). The Morgan fingerprint density at radius 2 is 2.44 bits per heavy atom. The minimum absolute atomic E-state index is 0.0395.